The minimum atomic E-state index is 0.253. The summed E-state index contributed by atoms with van der Waals surface area (Å²) in [5.41, 5.74) is 8.60. The van der Waals surface area contributed by atoms with Crippen LogP contribution in [0.5, 0.6) is 6.01 Å². The summed E-state index contributed by atoms with van der Waals surface area (Å²) in [6, 6.07) is 0.429. The Hall–Kier alpha value is -1.32. The smallest absolute Gasteiger partial charge is 0.318 e. The van der Waals surface area contributed by atoms with Crippen LogP contribution in [0.4, 0.5) is 5.82 Å². The molecule has 4 fully saturated rings. The highest BCUT2D eigenvalue weighted by Crippen LogP contribution is 2.61. The minimum absolute atomic E-state index is 0.253. The van der Waals surface area contributed by atoms with Crippen molar-refractivity contribution in [2.45, 2.75) is 50.9 Å². The molecule has 0 aromatic carbocycles. The summed E-state index contributed by atoms with van der Waals surface area (Å²) in [6.07, 6.45) is 8.19. The van der Waals surface area contributed by atoms with Crippen molar-refractivity contribution in [3.05, 3.63) is 11.3 Å². The van der Waals surface area contributed by atoms with Crippen molar-refractivity contribution in [1.29, 1.82) is 0 Å². The van der Waals surface area contributed by atoms with E-state index in [1.807, 2.05) is 0 Å². The number of hydrogen-bond acceptors (Lipinski definition) is 4. The van der Waals surface area contributed by atoms with Crippen LogP contribution in [0, 0.1) is 24.7 Å². The molecule has 20 heavy (non-hydrogen) atoms. The molecule has 0 atom stereocenters. The molecule has 1 aromatic rings. The summed E-state index contributed by atoms with van der Waals surface area (Å²) in [6.45, 7) is 2.07. The highest BCUT2D eigenvalue weighted by molar-refractivity contribution is 5.46. The van der Waals surface area contributed by atoms with Crippen LogP contribution in [0.3, 0.4) is 0 Å². The zero-order valence-corrected chi connectivity index (χ0v) is 12.4. The van der Waals surface area contributed by atoms with Crippen molar-refractivity contribution in [3.8, 4) is 6.01 Å². The second-order valence-electron chi connectivity index (χ2n) is 7.27. The Labute approximate surface area is 120 Å². The quantitative estimate of drug-likeness (QED) is 0.900. The molecule has 1 heterocycles. The van der Waals surface area contributed by atoms with E-state index in [0.717, 1.165) is 23.3 Å². The lowest BCUT2D eigenvalue weighted by molar-refractivity contribution is -0.00777. The predicted octanol–water partition coefficient (Wildman–Crippen LogP) is 2.84. The summed E-state index contributed by atoms with van der Waals surface area (Å²) in [4.78, 5) is 8.95. The number of rotatable bonds is 2. The summed E-state index contributed by atoms with van der Waals surface area (Å²) < 4.78 is 5.25. The third-order valence-corrected chi connectivity index (χ3v) is 5.89. The van der Waals surface area contributed by atoms with Gasteiger partial charge in [-0.05, 0) is 63.2 Å². The molecule has 0 saturated heterocycles. The first-order valence-electron chi connectivity index (χ1n) is 7.78. The van der Waals surface area contributed by atoms with Gasteiger partial charge in [0.05, 0.1) is 12.8 Å². The first-order chi connectivity index (χ1) is 9.59. The van der Waals surface area contributed by atoms with E-state index in [1.54, 1.807) is 7.11 Å². The van der Waals surface area contributed by atoms with Gasteiger partial charge in [-0.2, -0.15) is 9.97 Å². The average Bonchev–Trinajstić information content (AvgIpc) is 2.40. The van der Waals surface area contributed by atoms with Gasteiger partial charge >= 0.3 is 6.01 Å². The van der Waals surface area contributed by atoms with E-state index in [4.69, 9.17) is 15.5 Å². The maximum absolute atomic E-state index is 6.08. The van der Waals surface area contributed by atoms with Gasteiger partial charge in [0.2, 0.25) is 0 Å². The van der Waals surface area contributed by atoms with Crippen LogP contribution in [-0.2, 0) is 5.41 Å². The number of ether oxygens (including phenoxy) is 1. The molecule has 108 valence electrons. The zero-order valence-electron chi connectivity index (χ0n) is 12.4. The van der Waals surface area contributed by atoms with Crippen LogP contribution in [0.1, 0.15) is 49.8 Å². The fraction of sp³-hybridized carbons (Fsp3) is 0.750. The molecule has 4 aliphatic carbocycles. The van der Waals surface area contributed by atoms with Gasteiger partial charge in [0.15, 0.2) is 0 Å². The van der Waals surface area contributed by atoms with Crippen molar-refractivity contribution in [2.24, 2.45) is 17.8 Å². The van der Waals surface area contributed by atoms with Crippen LogP contribution in [0.2, 0.25) is 0 Å². The summed E-state index contributed by atoms with van der Waals surface area (Å²) in [5.74, 6) is 3.30. The third kappa shape index (κ3) is 1.66. The largest absolute Gasteiger partial charge is 0.467 e. The second kappa shape index (κ2) is 4.09. The molecule has 4 saturated carbocycles. The van der Waals surface area contributed by atoms with E-state index in [0.29, 0.717) is 11.8 Å². The molecule has 5 rings (SSSR count). The molecule has 0 aliphatic heterocycles. The molecule has 4 nitrogen and oxygen atoms in total. The number of methoxy groups -OCH3 is 1. The Balaban J connectivity index is 1.82. The summed E-state index contributed by atoms with van der Waals surface area (Å²) in [5, 5.41) is 0. The maximum Gasteiger partial charge on any atom is 0.318 e. The number of aromatic nitrogens is 2. The Morgan fingerprint density at radius 1 is 1.05 bits per heavy atom. The molecular weight excluding hydrogens is 250 g/mol. The van der Waals surface area contributed by atoms with Crippen molar-refractivity contribution < 1.29 is 4.74 Å². The number of nitrogens with two attached hydrogens (primary N) is 1. The molecule has 1 aromatic heterocycles. The van der Waals surface area contributed by atoms with Crippen LogP contribution in [0.15, 0.2) is 0 Å². The van der Waals surface area contributed by atoms with Crippen LogP contribution in [0.25, 0.3) is 0 Å². The van der Waals surface area contributed by atoms with Crippen molar-refractivity contribution in [1.82, 2.24) is 9.97 Å². The standard InChI is InChI=1S/C16H23N3O/c1-9-13(18-15(20-2)19-14(9)17)16-6-10-3-11(7-16)5-12(4-10)8-16/h10-12H,3-8H2,1-2H3,(H2,17,18,19). The first kappa shape index (κ1) is 12.4. The zero-order chi connectivity index (χ0) is 13.9. The lowest BCUT2D eigenvalue weighted by atomic mass is 9.48. The topological polar surface area (TPSA) is 61.0 Å². The van der Waals surface area contributed by atoms with Gasteiger partial charge in [-0.25, -0.2) is 0 Å². The Bertz CT molecular complexity index is 520. The molecule has 0 amide bonds. The number of anilines is 1. The van der Waals surface area contributed by atoms with Gasteiger partial charge in [0.25, 0.3) is 0 Å². The minimum Gasteiger partial charge on any atom is -0.467 e. The van der Waals surface area contributed by atoms with Gasteiger partial charge in [0, 0.05) is 11.0 Å². The van der Waals surface area contributed by atoms with Crippen molar-refractivity contribution in [2.75, 3.05) is 12.8 Å². The van der Waals surface area contributed by atoms with Crippen LogP contribution in [-0.4, -0.2) is 17.1 Å². The van der Waals surface area contributed by atoms with E-state index in [-0.39, 0.29) is 5.41 Å². The summed E-state index contributed by atoms with van der Waals surface area (Å²) >= 11 is 0. The van der Waals surface area contributed by atoms with Gasteiger partial charge in [0.1, 0.15) is 5.82 Å². The average molecular weight is 273 g/mol. The molecule has 4 aliphatic rings. The van der Waals surface area contributed by atoms with Crippen LogP contribution >= 0.6 is 0 Å². The molecular formula is C16H23N3O. The Morgan fingerprint density at radius 2 is 1.60 bits per heavy atom. The van der Waals surface area contributed by atoms with Gasteiger partial charge in [-0.1, -0.05) is 0 Å². The van der Waals surface area contributed by atoms with Crippen LogP contribution < -0.4 is 10.5 Å². The van der Waals surface area contributed by atoms with Crippen molar-refractivity contribution in [3.63, 3.8) is 0 Å². The maximum atomic E-state index is 6.08. The molecule has 0 radical (unpaired) electrons. The highest BCUT2D eigenvalue weighted by atomic mass is 16.5. The lowest BCUT2D eigenvalue weighted by Gasteiger charge is -2.56. The van der Waals surface area contributed by atoms with E-state index in [9.17, 15) is 0 Å². The fourth-order valence-corrected chi connectivity index (χ4v) is 5.52. The fourth-order valence-electron chi connectivity index (χ4n) is 5.52. The highest BCUT2D eigenvalue weighted by Gasteiger charge is 2.53. The third-order valence-electron chi connectivity index (χ3n) is 5.89. The normalized spacial score (nSPS) is 38.2. The van der Waals surface area contributed by atoms with Crippen molar-refractivity contribution >= 4 is 5.82 Å². The van der Waals surface area contributed by atoms with E-state index < -0.39 is 0 Å². The van der Waals surface area contributed by atoms with E-state index >= 15 is 0 Å². The second-order valence-corrected chi connectivity index (χ2v) is 7.27. The molecule has 0 unspecified atom stereocenters. The lowest BCUT2D eigenvalue weighted by Crippen LogP contribution is -2.49. The number of nitrogen functional groups attached to an aromatic ring is 1. The molecule has 4 bridgehead atoms. The Morgan fingerprint density at radius 3 is 2.10 bits per heavy atom. The number of hydrogen-bond donors (Lipinski definition) is 1. The Kier molecular flexibility index (Phi) is 2.54. The monoisotopic (exact) mass is 273 g/mol. The van der Waals surface area contributed by atoms with Gasteiger partial charge in [-0.15, -0.1) is 0 Å². The summed E-state index contributed by atoms with van der Waals surface area (Å²) in [7, 11) is 1.62. The predicted molar refractivity (Wildman–Crippen MR) is 77.6 cm³/mol. The molecule has 0 spiro atoms. The van der Waals surface area contributed by atoms with E-state index in [2.05, 4.69) is 11.9 Å². The van der Waals surface area contributed by atoms with Gasteiger partial charge < -0.3 is 10.5 Å². The first-order valence-corrected chi connectivity index (χ1v) is 7.78. The molecule has 2 N–H and O–H groups in total. The molecule has 4 heteroatoms. The SMILES string of the molecule is COc1nc(N)c(C)c(C23CC4CC(CC(C4)C2)C3)n1. The van der Waals surface area contributed by atoms with E-state index in [1.165, 1.54) is 44.2 Å². The van der Waals surface area contributed by atoms with Gasteiger partial charge in [-0.3, -0.25) is 0 Å². The number of nitrogens with zero attached hydrogens (tertiary/aromatic N) is 2.